The molecule has 0 fully saturated rings. The SMILES string of the molecule is CCCCCCC(C)NC1=NCCS1. The lowest BCUT2D eigenvalue weighted by molar-refractivity contribution is 0.545. The molecule has 1 atom stereocenters. The van der Waals surface area contributed by atoms with Crippen LogP contribution in [0.25, 0.3) is 0 Å². The van der Waals surface area contributed by atoms with Crippen molar-refractivity contribution in [2.45, 2.75) is 52.0 Å². The van der Waals surface area contributed by atoms with E-state index >= 15 is 0 Å². The highest BCUT2D eigenvalue weighted by atomic mass is 32.2. The summed E-state index contributed by atoms with van der Waals surface area (Å²) < 4.78 is 0. The zero-order valence-electron chi connectivity index (χ0n) is 9.38. The van der Waals surface area contributed by atoms with Gasteiger partial charge in [0.1, 0.15) is 0 Å². The van der Waals surface area contributed by atoms with E-state index in [0.29, 0.717) is 6.04 Å². The van der Waals surface area contributed by atoms with Gasteiger partial charge in [-0.15, -0.1) is 0 Å². The van der Waals surface area contributed by atoms with Gasteiger partial charge < -0.3 is 5.32 Å². The lowest BCUT2D eigenvalue weighted by Gasteiger charge is -2.13. The van der Waals surface area contributed by atoms with Crippen LogP contribution in [0, 0.1) is 0 Å². The molecule has 3 heteroatoms. The lowest BCUT2D eigenvalue weighted by atomic mass is 10.1. The minimum Gasteiger partial charge on any atom is -0.362 e. The maximum absolute atomic E-state index is 4.39. The Labute approximate surface area is 92.0 Å². The van der Waals surface area contributed by atoms with E-state index in [0.717, 1.165) is 17.5 Å². The van der Waals surface area contributed by atoms with E-state index in [2.05, 4.69) is 24.2 Å². The summed E-state index contributed by atoms with van der Waals surface area (Å²) in [7, 11) is 0. The summed E-state index contributed by atoms with van der Waals surface area (Å²) >= 11 is 1.85. The molecular weight excluding hydrogens is 192 g/mol. The number of amidine groups is 1. The fourth-order valence-electron chi connectivity index (χ4n) is 1.58. The predicted octanol–water partition coefficient (Wildman–Crippen LogP) is 3.04. The molecule has 1 unspecified atom stereocenters. The molecule has 0 bridgehead atoms. The molecule has 1 rings (SSSR count). The van der Waals surface area contributed by atoms with Gasteiger partial charge in [-0.1, -0.05) is 44.4 Å². The number of rotatable bonds is 6. The molecule has 1 heterocycles. The molecule has 14 heavy (non-hydrogen) atoms. The molecule has 0 aliphatic carbocycles. The first-order valence-electron chi connectivity index (χ1n) is 5.76. The van der Waals surface area contributed by atoms with Gasteiger partial charge in [0, 0.05) is 11.8 Å². The van der Waals surface area contributed by atoms with E-state index in [-0.39, 0.29) is 0 Å². The minimum atomic E-state index is 0.594. The van der Waals surface area contributed by atoms with Crippen molar-refractivity contribution in [1.29, 1.82) is 0 Å². The molecule has 0 aromatic rings. The number of hydrogen-bond acceptors (Lipinski definition) is 3. The van der Waals surface area contributed by atoms with E-state index in [1.54, 1.807) is 0 Å². The van der Waals surface area contributed by atoms with Crippen molar-refractivity contribution in [3.05, 3.63) is 0 Å². The molecule has 0 aromatic carbocycles. The highest BCUT2D eigenvalue weighted by molar-refractivity contribution is 8.14. The normalized spacial score (nSPS) is 18.0. The van der Waals surface area contributed by atoms with Gasteiger partial charge in [0.2, 0.25) is 0 Å². The quantitative estimate of drug-likeness (QED) is 0.687. The molecular formula is C11H22N2S. The van der Waals surface area contributed by atoms with E-state index in [4.69, 9.17) is 0 Å². The molecule has 1 N–H and O–H groups in total. The lowest BCUT2D eigenvalue weighted by Crippen LogP contribution is -2.29. The summed E-state index contributed by atoms with van der Waals surface area (Å²) in [5.74, 6) is 1.16. The van der Waals surface area contributed by atoms with Crippen LogP contribution in [0.1, 0.15) is 46.0 Å². The average molecular weight is 214 g/mol. The summed E-state index contributed by atoms with van der Waals surface area (Å²) in [5, 5.41) is 4.63. The number of unbranched alkanes of at least 4 members (excludes halogenated alkanes) is 3. The predicted molar refractivity (Wildman–Crippen MR) is 66.1 cm³/mol. The molecule has 0 spiro atoms. The third-order valence-corrected chi connectivity index (χ3v) is 3.35. The molecule has 1 aliphatic rings. The van der Waals surface area contributed by atoms with Crippen LogP contribution in [0.4, 0.5) is 0 Å². The van der Waals surface area contributed by atoms with Crippen LogP contribution < -0.4 is 5.32 Å². The van der Waals surface area contributed by atoms with Crippen molar-refractivity contribution >= 4 is 16.9 Å². The van der Waals surface area contributed by atoms with Crippen molar-refractivity contribution in [1.82, 2.24) is 5.32 Å². The molecule has 0 saturated heterocycles. The first kappa shape index (κ1) is 11.9. The highest BCUT2D eigenvalue weighted by Gasteiger charge is 2.09. The Morgan fingerprint density at radius 2 is 2.29 bits per heavy atom. The van der Waals surface area contributed by atoms with Gasteiger partial charge in [-0.2, -0.15) is 0 Å². The Kier molecular flexibility index (Phi) is 6.08. The van der Waals surface area contributed by atoms with Gasteiger partial charge in [-0.25, -0.2) is 0 Å². The third kappa shape index (κ3) is 4.89. The maximum Gasteiger partial charge on any atom is 0.156 e. The Hall–Kier alpha value is -0.180. The summed E-state index contributed by atoms with van der Waals surface area (Å²) in [5.41, 5.74) is 0. The molecule has 0 amide bonds. The van der Waals surface area contributed by atoms with Crippen LogP contribution in [-0.4, -0.2) is 23.5 Å². The zero-order valence-corrected chi connectivity index (χ0v) is 10.2. The smallest absolute Gasteiger partial charge is 0.156 e. The Balaban J connectivity index is 2.00. The van der Waals surface area contributed by atoms with Crippen molar-refractivity contribution in [3.8, 4) is 0 Å². The Morgan fingerprint density at radius 1 is 1.43 bits per heavy atom. The molecule has 0 saturated carbocycles. The number of thioether (sulfide) groups is 1. The fourth-order valence-corrected chi connectivity index (χ4v) is 2.43. The van der Waals surface area contributed by atoms with E-state index in [1.165, 1.54) is 32.1 Å². The van der Waals surface area contributed by atoms with Crippen LogP contribution >= 0.6 is 11.8 Å². The maximum atomic E-state index is 4.39. The second kappa shape index (κ2) is 7.16. The minimum absolute atomic E-state index is 0.594. The van der Waals surface area contributed by atoms with Gasteiger partial charge in [0.05, 0.1) is 6.54 Å². The molecule has 1 aliphatic heterocycles. The number of aliphatic imine (C=N–C) groups is 1. The second-order valence-electron chi connectivity index (χ2n) is 3.93. The van der Waals surface area contributed by atoms with Gasteiger partial charge in [0.25, 0.3) is 0 Å². The second-order valence-corrected chi connectivity index (χ2v) is 5.01. The van der Waals surface area contributed by atoms with Crippen LogP contribution in [0.2, 0.25) is 0 Å². The van der Waals surface area contributed by atoms with Crippen LogP contribution in [0.15, 0.2) is 4.99 Å². The monoisotopic (exact) mass is 214 g/mol. The molecule has 0 aromatic heterocycles. The topological polar surface area (TPSA) is 24.4 Å². The Morgan fingerprint density at radius 3 is 2.93 bits per heavy atom. The van der Waals surface area contributed by atoms with Crippen molar-refractivity contribution in [2.75, 3.05) is 12.3 Å². The van der Waals surface area contributed by atoms with Gasteiger partial charge >= 0.3 is 0 Å². The highest BCUT2D eigenvalue weighted by Crippen LogP contribution is 2.11. The van der Waals surface area contributed by atoms with Crippen molar-refractivity contribution < 1.29 is 0 Å². The average Bonchev–Trinajstić information content (AvgIpc) is 2.65. The summed E-state index contributed by atoms with van der Waals surface area (Å²) in [6.45, 7) is 5.51. The number of hydrogen-bond donors (Lipinski definition) is 1. The standard InChI is InChI=1S/C11H22N2S/c1-3-4-5-6-7-10(2)13-11-12-8-9-14-11/h10H,3-9H2,1-2H3,(H,12,13). The summed E-state index contributed by atoms with van der Waals surface area (Å²) in [6.07, 6.45) is 6.70. The zero-order chi connectivity index (χ0) is 10.2. The first-order valence-corrected chi connectivity index (χ1v) is 6.75. The van der Waals surface area contributed by atoms with Crippen LogP contribution in [-0.2, 0) is 0 Å². The van der Waals surface area contributed by atoms with Crippen molar-refractivity contribution in [3.63, 3.8) is 0 Å². The van der Waals surface area contributed by atoms with E-state index in [9.17, 15) is 0 Å². The molecule has 82 valence electrons. The summed E-state index contributed by atoms with van der Waals surface area (Å²) in [4.78, 5) is 4.39. The van der Waals surface area contributed by atoms with Crippen LogP contribution in [0.5, 0.6) is 0 Å². The molecule has 0 radical (unpaired) electrons. The number of nitrogens with zero attached hydrogens (tertiary/aromatic N) is 1. The van der Waals surface area contributed by atoms with Crippen LogP contribution in [0.3, 0.4) is 0 Å². The van der Waals surface area contributed by atoms with Crippen molar-refractivity contribution in [2.24, 2.45) is 4.99 Å². The van der Waals surface area contributed by atoms with Gasteiger partial charge in [-0.05, 0) is 13.3 Å². The number of nitrogens with one attached hydrogen (secondary N) is 1. The third-order valence-electron chi connectivity index (χ3n) is 2.45. The first-order chi connectivity index (χ1) is 6.83. The van der Waals surface area contributed by atoms with Gasteiger partial charge in [-0.3, -0.25) is 4.99 Å². The molecule has 2 nitrogen and oxygen atoms in total. The largest absolute Gasteiger partial charge is 0.362 e. The van der Waals surface area contributed by atoms with E-state index < -0.39 is 0 Å². The van der Waals surface area contributed by atoms with Gasteiger partial charge in [0.15, 0.2) is 5.17 Å². The van der Waals surface area contributed by atoms with E-state index in [1.807, 2.05) is 11.8 Å². The fraction of sp³-hybridized carbons (Fsp3) is 0.909. The summed E-state index contributed by atoms with van der Waals surface area (Å²) in [6, 6.07) is 0.594. The Bertz CT molecular complexity index is 180.